The first-order valence-electron chi connectivity index (χ1n) is 9.06. The molecular formula is C18H31N3O2. The molecule has 0 aliphatic carbocycles. The van der Waals surface area contributed by atoms with Gasteiger partial charge in [0.15, 0.2) is 0 Å². The molecule has 1 atom stereocenters. The van der Waals surface area contributed by atoms with Crippen molar-refractivity contribution in [1.29, 1.82) is 0 Å². The van der Waals surface area contributed by atoms with E-state index >= 15 is 0 Å². The van der Waals surface area contributed by atoms with Gasteiger partial charge in [-0.25, -0.2) is 0 Å². The number of piperazine rings is 1. The minimum Gasteiger partial charge on any atom is -0.381 e. The molecule has 1 amide bonds. The largest absolute Gasteiger partial charge is 0.381 e. The van der Waals surface area contributed by atoms with E-state index in [4.69, 9.17) is 4.74 Å². The van der Waals surface area contributed by atoms with Crippen molar-refractivity contribution in [2.75, 3.05) is 53.0 Å². The minimum absolute atomic E-state index is 0.155. The molecule has 0 aromatic carbocycles. The molecule has 23 heavy (non-hydrogen) atoms. The van der Waals surface area contributed by atoms with Crippen molar-refractivity contribution in [3.63, 3.8) is 0 Å². The van der Waals surface area contributed by atoms with Crippen LogP contribution in [0.25, 0.3) is 0 Å². The van der Waals surface area contributed by atoms with Gasteiger partial charge < -0.3 is 9.64 Å². The fourth-order valence-electron chi connectivity index (χ4n) is 4.43. The second kappa shape index (κ2) is 7.32. The molecule has 3 fully saturated rings. The summed E-state index contributed by atoms with van der Waals surface area (Å²) in [4.78, 5) is 19.5. The minimum atomic E-state index is 0.155. The maximum atomic E-state index is 12.3. The van der Waals surface area contributed by atoms with Gasteiger partial charge >= 0.3 is 0 Å². The highest BCUT2D eigenvalue weighted by Gasteiger charge is 2.43. The van der Waals surface area contributed by atoms with Crippen molar-refractivity contribution in [2.24, 2.45) is 0 Å². The van der Waals surface area contributed by atoms with Gasteiger partial charge in [0.25, 0.3) is 0 Å². The first-order valence-corrected chi connectivity index (χ1v) is 9.06. The van der Waals surface area contributed by atoms with E-state index in [0.717, 1.165) is 65.1 Å². The summed E-state index contributed by atoms with van der Waals surface area (Å²) in [7, 11) is 2.24. The van der Waals surface area contributed by atoms with E-state index in [2.05, 4.69) is 23.4 Å². The van der Waals surface area contributed by atoms with E-state index in [1.807, 2.05) is 11.0 Å². The van der Waals surface area contributed by atoms with Crippen LogP contribution < -0.4 is 0 Å². The lowest BCUT2D eigenvalue weighted by molar-refractivity contribution is -0.130. The molecule has 0 N–H and O–H groups in total. The zero-order valence-electron chi connectivity index (χ0n) is 14.5. The van der Waals surface area contributed by atoms with Gasteiger partial charge in [0.1, 0.15) is 0 Å². The van der Waals surface area contributed by atoms with E-state index in [-0.39, 0.29) is 5.54 Å². The summed E-state index contributed by atoms with van der Waals surface area (Å²) in [5.41, 5.74) is 0.155. The number of likely N-dealkylation sites (tertiary alicyclic amines) is 1. The highest BCUT2D eigenvalue weighted by molar-refractivity contribution is 5.76. The van der Waals surface area contributed by atoms with Crippen LogP contribution in [0.15, 0.2) is 12.7 Å². The summed E-state index contributed by atoms with van der Waals surface area (Å²) in [6, 6.07) is 0.664. The van der Waals surface area contributed by atoms with Gasteiger partial charge in [-0.2, -0.15) is 0 Å². The smallest absolute Gasteiger partial charge is 0.222 e. The summed E-state index contributed by atoms with van der Waals surface area (Å²) < 4.78 is 5.53. The molecule has 0 radical (unpaired) electrons. The Labute approximate surface area is 140 Å². The summed E-state index contributed by atoms with van der Waals surface area (Å²) in [5.74, 6) is 0.290. The lowest BCUT2D eigenvalue weighted by Gasteiger charge is -2.51. The van der Waals surface area contributed by atoms with Gasteiger partial charge in [-0.15, -0.1) is 6.58 Å². The van der Waals surface area contributed by atoms with Crippen LogP contribution in [-0.4, -0.2) is 85.2 Å². The second-order valence-electron chi connectivity index (χ2n) is 7.34. The van der Waals surface area contributed by atoms with Crippen LogP contribution in [-0.2, 0) is 9.53 Å². The van der Waals surface area contributed by atoms with Crippen molar-refractivity contribution in [2.45, 2.75) is 43.7 Å². The molecule has 3 aliphatic rings. The fourth-order valence-corrected chi connectivity index (χ4v) is 4.43. The number of hydrogen-bond donors (Lipinski definition) is 0. The van der Waals surface area contributed by atoms with E-state index in [0.29, 0.717) is 24.9 Å². The molecule has 0 saturated carbocycles. The van der Waals surface area contributed by atoms with Crippen molar-refractivity contribution >= 4 is 5.91 Å². The number of carbonyl (C=O) groups is 1. The molecule has 5 nitrogen and oxygen atoms in total. The number of ether oxygens (including phenoxy) is 1. The fraction of sp³-hybridized carbons (Fsp3) is 0.833. The van der Waals surface area contributed by atoms with Crippen LogP contribution in [0.2, 0.25) is 0 Å². The number of amides is 1. The summed E-state index contributed by atoms with van der Waals surface area (Å²) in [6.07, 6.45) is 6.87. The van der Waals surface area contributed by atoms with Gasteiger partial charge in [0.2, 0.25) is 5.91 Å². The highest BCUT2D eigenvalue weighted by Crippen LogP contribution is 2.33. The Balaban J connectivity index is 1.70. The molecule has 0 bridgehead atoms. The topological polar surface area (TPSA) is 36.0 Å². The number of rotatable bonds is 3. The highest BCUT2D eigenvalue weighted by atomic mass is 16.5. The third-order valence-corrected chi connectivity index (χ3v) is 6.09. The van der Waals surface area contributed by atoms with Gasteiger partial charge in [-0.3, -0.25) is 14.6 Å². The molecule has 0 unspecified atom stereocenters. The van der Waals surface area contributed by atoms with E-state index in [1.165, 1.54) is 0 Å². The van der Waals surface area contributed by atoms with Crippen LogP contribution in [0, 0.1) is 0 Å². The Morgan fingerprint density at radius 3 is 2.78 bits per heavy atom. The van der Waals surface area contributed by atoms with Crippen LogP contribution in [0.3, 0.4) is 0 Å². The van der Waals surface area contributed by atoms with Crippen LogP contribution in [0.5, 0.6) is 0 Å². The Bertz CT molecular complexity index is 436. The molecule has 3 aliphatic heterocycles. The lowest BCUT2D eigenvalue weighted by Crippen LogP contribution is -2.63. The molecule has 0 aromatic heterocycles. The number of carbonyl (C=O) groups excluding carboxylic acids is 1. The SMILES string of the molecule is C=CCN1CC[C@@]2(CCC1=O)CN(C1CCOCC1)CCN2C. The Morgan fingerprint density at radius 2 is 2.04 bits per heavy atom. The second-order valence-corrected chi connectivity index (χ2v) is 7.34. The van der Waals surface area contributed by atoms with Crippen LogP contribution in [0.4, 0.5) is 0 Å². The van der Waals surface area contributed by atoms with E-state index < -0.39 is 0 Å². The Morgan fingerprint density at radius 1 is 1.26 bits per heavy atom. The predicted octanol–water partition coefficient (Wildman–Crippen LogP) is 1.35. The van der Waals surface area contributed by atoms with Crippen molar-refractivity contribution in [3.05, 3.63) is 12.7 Å². The average Bonchev–Trinajstić information content (AvgIpc) is 2.73. The number of likely N-dealkylation sites (N-methyl/N-ethyl adjacent to an activating group) is 1. The number of hydrogen-bond acceptors (Lipinski definition) is 4. The quantitative estimate of drug-likeness (QED) is 0.735. The Hall–Kier alpha value is -0.910. The van der Waals surface area contributed by atoms with Gasteiger partial charge in [-0.1, -0.05) is 6.08 Å². The Kier molecular flexibility index (Phi) is 5.39. The van der Waals surface area contributed by atoms with Crippen molar-refractivity contribution in [3.8, 4) is 0 Å². The van der Waals surface area contributed by atoms with E-state index in [1.54, 1.807) is 0 Å². The first-order chi connectivity index (χ1) is 11.1. The zero-order chi connectivity index (χ0) is 16.3. The maximum absolute atomic E-state index is 12.3. The summed E-state index contributed by atoms with van der Waals surface area (Å²) in [6.45, 7) is 10.5. The standard InChI is InChI=1S/C18H31N3O2/c1-3-9-20-10-8-18(7-4-17(20)22)15-21(12-11-19(18)2)16-5-13-23-14-6-16/h3,16H,1,4-15H2,2H3/t18-/m0/s1. The monoisotopic (exact) mass is 321 g/mol. The molecule has 130 valence electrons. The molecule has 3 saturated heterocycles. The van der Waals surface area contributed by atoms with Crippen LogP contribution >= 0.6 is 0 Å². The molecule has 5 heteroatoms. The molecular weight excluding hydrogens is 290 g/mol. The summed E-state index contributed by atoms with van der Waals surface area (Å²) >= 11 is 0. The normalized spacial score (nSPS) is 32.2. The molecule has 1 spiro atoms. The van der Waals surface area contributed by atoms with E-state index in [9.17, 15) is 4.79 Å². The third-order valence-electron chi connectivity index (χ3n) is 6.09. The maximum Gasteiger partial charge on any atom is 0.222 e. The van der Waals surface area contributed by atoms with Gasteiger partial charge in [-0.05, 0) is 32.7 Å². The van der Waals surface area contributed by atoms with Gasteiger partial charge in [0, 0.05) is 63.9 Å². The molecule has 3 heterocycles. The van der Waals surface area contributed by atoms with Crippen molar-refractivity contribution in [1.82, 2.24) is 14.7 Å². The third kappa shape index (κ3) is 3.62. The number of nitrogens with zero attached hydrogens (tertiary/aromatic N) is 3. The van der Waals surface area contributed by atoms with Crippen molar-refractivity contribution < 1.29 is 9.53 Å². The first kappa shape index (κ1) is 16.9. The van der Waals surface area contributed by atoms with Crippen LogP contribution in [0.1, 0.15) is 32.1 Å². The molecule has 3 rings (SSSR count). The zero-order valence-corrected chi connectivity index (χ0v) is 14.5. The average molecular weight is 321 g/mol. The predicted molar refractivity (Wildman–Crippen MR) is 91.4 cm³/mol. The molecule has 0 aromatic rings. The van der Waals surface area contributed by atoms with Gasteiger partial charge in [0.05, 0.1) is 0 Å². The lowest BCUT2D eigenvalue weighted by atomic mass is 9.85. The summed E-state index contributed by atoms with van der Waals surface area (Å²) in [5, 5.41) is 0.